The Balaban J connectivity index is 0.00000532. The molecule has 0 saturated carbocycles. The molecule has 0 fully saturated rings. The molecule has 6 aromatic carbocycles. The molecule has 3 nitrogen and oxygen atoms in total. The minimum absolute atomic E-state index is 0. The Morgan fingerprint density at radius 3 is 1.38 bits per heavy atom. The Morgan fingerprint density at radius 1 is 0.482 bits per heavy atom. The van der Waals surface area contributed by atoms with Crippen molar-refractivity contribution in [1.82, 2.24) is 14.8 Å². The first kappa shape index (κ1) is 40.8. The molecule has 0 saturated heterocycles. The molecule has 0 unspecified atom stereocenters. The van der Waals surface area contributed by atoms with E-state index in [-0.39, 0.29) is 36.4 Å². The molecule has 7 rings (SSSR count). The minimum Gasteiger partial charge on any atom is -0.262 e. The van der Waals surface area contributed by atoms with Crippen LogP contribution in [0, 0.1) is 26.8 Å². The molecule has 0 N–H and O–H groups in total. The Hall–Kier alpha value is -4.89. The average Bonchev–Trinajstić information content (AvgIpc) is 3.54. The van der Waals surface area contributed by atoms with E-state index in [1.165, 1.54) is 55.6 Å². The summed E-state index contributed by atoms with van der Waals surface area (Å²) in [5.74, 6) is 1.52. The van der Waals surface area contributed by atoms with Gasteiger partial charge in [-0.25, -0.2) is 0 Å². The number of rotatable bonds is 7. The zero-order valence-corrected chi connectivity index (χ0v) is 37.2. The summed E-state index contributed by atoms with van der Waals surface area (Å²) in [6.45, 7) is 24.4. The van der Waals surface area contributed by atoms with Crippen LogP contribution in [-0.2, 0) is 36.4 Å². The molecule has 1 heterocycles. The van der Waals surface area contributed by atoms with E-state index in [0.29, 0.717) is 0 Å². The Bertz CT molecular complexity index is 2360. The van der Waals surface area contributed by atoms with Crippen LogP contribution >= 0.6 is 0 Å². The van der Waals surface area contributed by atoms with E-state index in [2.05, 4.69) is 203 Å². The van der Waals surface area contributed by atoms with E-state index in [4.69, 9.17) is 10.1 Å². The molecule has 0 atom stereocenters. The van der Waals surface area contributed by atoms with Crippen LogP contribution in [0.3, 0.4) is 0 Å². The van der Waals surface area contributed by atoms with Gasteiger partial charge < -0.3 is 0 Å². The van der Waals surface area contributed by atoms with Crippen molar-refractivity contribution in [2.75, 3.05) is 0 Å². The van der Waals surface area contributed by atoms with Crippen LogP contribution in [0.4, 0.5) is 0 Å². The predicted molar refractivity (Wildman–Crippen MR) is 232 cm³/mol. The van der Waals surface area contributed by atoms with Gasteiger partial charge in [-0.15, -0.1) is 35.4 Å². The zero-order valence-electron chi connectivity index (χ0n) is 34.8. The van der Waals surface area contributed by atoms with Crippen molar-refractivity contribution in [2.24, 2.45) is 0 Å². The number of hydrogen-bond donors (Lipinski definition) is 0. The van der Waals surface area contributed by atoms with Crippen LogP contribution < -0.4 is 0 Å². The molecule has 0 aliphatic carbocycles. The van der Waals surface area contributed by atoms with Crippen molar-refractivity contribution >= 4 is 0 Å². The summed E-state index contributed by atoms with van der Waals surface area (Å²) in [5.41, 5.74) is 16.6. The zero-order chi connectivity index (χ0) is 39.3. The number of benzene rings is 6. The molecule has 56 heavy (non-hydrogen) atoms. The summed E-state index contributed by atoms with van der Waals surface area (Å²) in [7, 11) is 0. The third kappa shape index (κ3) is 8.29. The Labute approximate surface area is 348 Å². The van der Waals surface area contributed by atoms with E-state index in [1.807, 2.05) is 11.6 Å². The smallest absolute Gasteiger partial charge is 0.137 e. The Kier molecular flexibility index (Phi) is 11.3. The summed E-state index contributed by atoms with van der Waals surface area (Å²) in [6, 6.07) is 50.4. The first-order valence-electron chi connectivity index (χ1n) is 19.5. The van der Waals surface area contributed by atoms with Crippen molar-refractivity contribution in [3.8, 4) is 50.5 Å². The van der Waals surface area contributed by atoms with Gasteiger partial charge in [0.25, 0.3) is 0 Å². The molecular formula is C52H54IrN3-. The second-order valence-electron chi connectivity index (χ2n) is 17.8. The summed E-state index contributed by atoms with van der Waals surface area (Å²) in [4.78, 5) is 4.92. The molecule has 7 aromatic rings. The Morgan fingerprint density at radius 2 is 0.929 bits per heavy atom. The third-order valence-corrected chi connectivity index (χ3v) is 11.1. The average molecular weight is 913 g/mol. The molecule has 287 valence electrons. The van der Waals surface area contributed by atoms with Crippen molar-refractivity contribution in [3.05, 3.63) is 173 Å². The van der Waals surface area contributed by atoms with E-state index >= 15 is 0 Å². The summed E-state index contributed by atoms with van der Waals surface area (Å²) < 4.78 is 2.01. The number of hydrogen-bond acceptors (Lipinski definition) is 2. The normalized spacial score (nSPS) is 12.1. The second-order valence-corrected chi connectivity index (χ2v) is 17.8. The predicted octanol–water partition coefficient (Wildman–Crippen LogP) is 13.6. The molecule has 0 aliphatic rings. The molecule has 0 bridgehead atoms. The molecule has 0 spiro atoms. The van der Waals surface area contributed by atoms with Gasteiger partial charge in [-0.3, -0.25) is 9.67 Å². The number of aryl methyl sites for hydroxylation is 3. The number of nitrogens with zero attached hydrogens (tertiary/aromatic N) is 3. The maximum atomic E-state index is 4.94. The van der Waals surface area contributed by atoms with Gasteiger partial charge in [0.05, 0.1) is 11.5 Å². The van der Waals surface area contributed by atoms with Crippen LogP contribution in [0.1, 0.15) is 94.6 Å². The van der Waals surface area contributed by atoms with Crippen LogP contribution in [0.5, 0.6) is 0 Å². The van der Waals surface area contributed by atoms with Crippen molar-refractivity contribution < 1.29 is 20.1 Å². The van der Waals surface area contributed by atoms with Gasteiger partial charge >= 0.3 is 0 Å². The summed E-state index contributed by atoms with van der Waals surface area (Å²) in [5, 5.41) is 4.94. The first-order valence-corrected chi connectivity index (χ1v) is 19.5. The van der Waals surface area contributed by atoms with Gasteiger partial charge in [0.1, 0.15) is 5.82 Å². The van der Waals surface area contributed by atoms with Gasteiger partial charge in [-0.05, 0) is 129 Å². The van der Waals surface area contributed by atoms with Crippen LogP contribution in [0.15, 0.2) is 127 Å². The van der Waals surface area contributed by atoms with Crippen molar-refractivity contribution in [1.29, 1.82) is 0 Å². The van der Waals surface area contributed by atoms with E-state index in [9.17, 15) is 0 Å². The van der Waals surface area contributed by atoms with E-state index in [0.717, 1.165) is 34.0 Å². The minimum atomic E-state index is -0.147. The second kappa shape index (κ2) is 15.6. The fourth-order valence-electron chi connectivity index (χ4n) is 7.63. The van der Waals surface area contributed by atoms with Gasteiger partial charge in [-0.2, -0.15) is 5.10 Å². The van der Waals surface area contributed by atoms with Crippen LogP contribution in [0.25, 0.3) is 50.5 Å². The number of aromatic nitrogens is 3. The summed E-state index contributed by atoms with van der Waals surface area (Å²) >= 11 is 0. The van der Waals surface area contributed by atoms with Gasteiger partial charge in [-0.1, -0.05) is 134 Å². The maximum Gasteiger partial charge on any atom is 0.137 e. The SMILES string of the molecule is Cc1nc(-c2[c-]cc(C(C)(C)c3ccccc3)cc2)n(-c2c(C)cc(-c3cc(-c4ccc(C(C)(C)C)cc4)cc(-c4ccc(C(C)(C)C)cc4)c3)cc2C)n1.[Ir]. The maximum absolute atomic E-state index is 4.94. The van der Waals surface area contributed by atoms with E-state index in [1.54, 1.807) is 0 Å². The van der Waals surface area contributed by atoms with Crippen LogP contribution in [-0.4, -0.2) is 14.8 Å². The molecule has 1 radical (unpaired) electrons. The van der Waals surface area contributed by atoms with Crippen LogP contribution in [0.2, 0.25) is 0 Å². The van der Waals surface area contributed by atoms with Gasteiger partial charge in [0, 0.05) is 20.1 Å². The topological polar surface area (TPSA) is 30.7 Å². The monoisotopic (exact) mass is 913 g/mol. The molecule has 0 aliphatic heterocycles. The molecule has 4 heteroatoms. The van der Waals surface area contributed by atoms with Crippen molar-refractivity contribution in [2.45, 2.75) is 92.4 Å². The van der Waals surface area contributed by atoms with Gasteiger partial charge in [0.2, 0.25) is 0 Å². The van der Waals surface area contributed by atoms with E-state index < -0.39 is 0 Å². The first-order chi connectivity index (χ1) is 26.0. The quantitative estimate of drug-likeness (QED) is 0.149. The van der Waals surface area contributed by atoms with Crippen molar-refractivity contribution in [3.63, 3.8) is 0 Å². The fourth-order valence-corrected chi connectivity index (χ4v) is 7.63. The third-order valence-electron chi connectivity index (χ3n) is 11.1. The molecule has 1 aromatic heterocycles. The summed E-state index contributed by atoms with van der Waals surface area (Å²) in [6.07, 6.45) is 0. The largest absolute Gasteiger partial charge is 0.262 e. The van der Waals surface area contributed by atoms with Gasteiger partial charge in [0.15, 0.2) is 0 Å². The fraction of sp³-hybridized carbons (Fsp3) is 0.269. The standard InChI is InChI=1S/C52H54N3.Ir/c1-34-29-40(30-35(2)48(34)55-49(53-36(3)54-55)39-21-27-47(28-22-39)52(10,11)46-15-13-12-14-16-46)43-32-41(37-17-23-44(24-18-37)50(4,5)6)31-42(33-43)38-19-25-45(26-20-38)51(7,8)9;/h12-21,23-33H,1-11H3;/q-1;. The molecular weight excluding hydrogens is 859 g/mol. The molecule has 0 amide bonds.